The summed E-state index contributed by atoms with van der Waals surface area (Å²) in [5.41, 5.74) is 2.13. The van der Waals surface area contributed by atoms with Crippen molar-refractivity contribution in [3.05, 3.63) is 52.5 Å². The molecule has 1 aliphatic rings. The van der Waals surface area contributed by atoms with Crippen molar-refractivity contribution in [2.24, 2.45) is 0 Å². The van der Waals surface area contributed by atoms with Gasteiger partial charge in [0.05, 0.1) is 17.8 Å². The van der Waals surface area contributed by atoms with E-state index in [-0.39, 0.29) is 18.1 Å². The minimum Gasteiger partial charge on any atom is -0.330 e. The van der Waals surface area contributed by atoms with E-state index in [0.717, 1.165) is 25.1 Å². The Balaban J connectivity index is 1.67. The van der Waals surface area contributed by atoms with Gasteiger partial charge in [0.2, 0.25) is 0 Å². The summed E-state index contributed by atoms with van der Waals surface area (Å²) in [6.07, 6.45) is 3.86. The second kappa shape index (κ2) is 6.26. The van der Waals surface area contributed by atoms with Crippen LogP contribution in [0.15, 0.2) is 41.2 Å². The molecule has 0 unspecified atom stereocenters. The smallest absolute Gasteiger partial charge is 0.318 e. The van der Waals surface area contributed by atoms with Crippen molar-refractivity contribution in [1.29, 1.82) is 0 Å². The Labute approximate surface area is 128 Å². The van der Waals surface area contributed by atoms with Crippen LogP contribution in [0.2, 0.25) is 0 Å². The molecular weight excluding hydrogens is 282 g/mol. The number of amides is 2. The van der Waals surface area contributed by atoms with Gasteiger partial charge in [0.15, 0.2) is 0 Å². The van der Waals surface area contributed by atoms with Crippen LogP contribution in [-0.2, 0) is 0 Å². The van der Waals surface area contributed by atoms with Gasteiger partial charge in [-0.25, -0.2) is 4.79 Å². The maximum Gasteiger partial charge on any atom is 0.318 e. The summed E-state index contributed by atoms with van der Waals surface area (Å²) in [4.78, 5) is 18.8. The molecule has 4 nitrogen and oxygen atoms in total. The fourth-order valence-corrected chi connectivity index (χ4v) is 3.50. The van der Waals surface area contributed by atoms with Crippen molar-refractivity contribution < 1.29 is 4.79 Å². The average Bonchev–Trinajstić information content (AvgIpc) is 3.18. The predicted octanol–water partition coefficient (Wildman–Crippen LogP) is 3.75. The number of likely N-dealkylation sites (tertiary alicyclic amines) is 1. The fraction of sp³-hybridized carbons (Fsp3) is 0.375. The molecule has 1 aliphatic heterocycles. The lowest BCUT2D eigenvalue weighted by Gasteiger charge is -2.26. The molecule has 0 aliphatic carbocycles. The van der Waals surface area contributed by atoms with Gasteiger partial charge < -0.3 is 10.2 Å². The molecular formula is C16H19N3OS. The van der Waals surface area contributed by atoms with E-state index < -0.39 is 0 Å². The summed E-state index contributed by atoms with van der Waals surface area (Å²) in [5.74, 6) is 0. The molecule has 0 bridgehead atoms. The van der Waals surface area contributed by atoms with Crippen molar-refractivity contribution in [2.75, 3.05) is 6.54 Å². The van der Waals surface area contributed by atoms with Gasteiger partial charge in [-0.3, -0.25) is 4.98 Å². The van der Waals surface area contributed by atoms with E-state index >= 15 is 0 Å². The maximum absolute atomic E-state index is 12.5. The third-order valence-electron chi connectivity index (χ3n) is 3.91. The monoisotopic (exact) mass is 301 g/mol. The Morgan fingerprint density at radius 2 is 2.38 bits per heavy atom. The van der Waals surface area contributed by atoms with E-state index in [9.17, 15) is 4.79 Å². The van der Waals surface area contributed by atoms with Gasteiger partial charge in [0, 0.05) is 12.7 Å². The van der Waals surface area contributed by atoms with Gasteiger partial charge in [-0.2, -0.15) is 11.3 Å². The predicted molar refractivity (Wildman–Crippen MR) is 84.2 cm³/mol. The molecule has 1 fully saturated rings. The van der Waals surface area contributed by atoms with Crippen molar-refractivity contribution in [1.82, 2.24) is 15.2 Å². The summed E-state index contributed by atoms with van der Waals surface area (Å²) in [6.45, 7) is 2.79. The highest BCUT2D eigenvalue weighted by Crippen LogP contribution is 2.33. The first kappa shape index (κ1) is 14.1. The zero-order chi connectivity index (χ0) is 14.7. The molecule has 3 rings (SSSR count). The second-order valence-electron chi connectivity index (χ2n) is 5.33. The first-order chi connectivity index (χ1) is 10.3. The first-order valence-electron chi connectivity index (χ1n) is 7.26. The van der Waals surface area contributed by atoms with E-state index in [1.54, 1.807) is 17.5 Å². The lowest BCUT2D eigenvalue weighted by atomic mass is 10.1. The molecule has 110 valence electrons. The molecule has 21 heavy (non-hydrogen) atoms. The number of carbonyl (C=O) groups excluding carboxylic acids is 1. The maximum atomic E-state index is 12.5. The van der Waals surface area contributed by atoms with Crippen molar-refractivity contribution in [3.8, 4) is 0 Å². The highest BCUT2D eigenvalue weighted by atomic mass is 32.1. The lowest BCUT2D eigenvalue weighted by molar-refractivity contribution is 0.189. The van der Waals surface area contributed by atoms with Crippen LogP contribution in [-0.4, -0.2) is 22.5 Å². The molecule has 3 heterocycles. The molecule has 1 N–H and O–H groups in total. The summed E-state index contributed by atoms with van der Waals surface area (Å²) in [7, 11) is 0. The lowest BCUT2D eigenvalue weighted by Crippen LogP contribution is -2.40. The minimum absolute atomic E-state index is 0.00172. The molecule has 0 spiro atoms. The average molecular weight is 301 g/mol. The molecule has 1 saturated heterocycles. The molecule has 0 saturated carbocycles. The van der Waals surface area contributed by atoms with Crippen LogP contribution >= 0.6 is 11.3 Å². The zero-order valence-corrected chi connectivity index (χ0v) is 12.8. The number of hydrogen-bond donors (Lipinski definition) is 1. The SMILES string of the molecule is C[C@@H](NC(=O)N1CCC[C@H]1c1ccsc1)c1ccccn1. The van der Waals surface area contributed by atoms with E-state index in [1.807, 2.05) is 30.0 Å². The Hall–Kier alpha value is -1.88. The van der Waals surface area contributed by atoms with Crippen LogP contribution in [0.1, 0.15) is 43.1 Å². The molecule has 2 amide bonds. The van der Waals surface area contributed by atoms with Gasteiger partial charge in [-0.1, -0.05) is 6.07 Å². The Kier molecular flexibility index (Phi) is 4.20. The van der Waals surface area contributed by atoms with Crippen molar-refractivity contribution >= 4 is 17.4 Å². The molecule has 2 aromatic heterocycles. The topological polar surface area (TPSA) is 45.2 Å². The second-order valence-corrected chi connectivity index (χ2v) is 6.11. The number of aromatic nitrogens is 1. The fourth-order valence-electron chi connectivity index (χ4n) is 2.80. The summed E-state index contributed by atoms with van der Waals surface area (Å²) >= 11 is 1.68. The zero-order valence-electron chi connectivity index (χ0n) is 12.0. The number of nitrogens with zero attached hydrogens (tertiary/aromatic N) is 2. The molecule has 0 radical (unpaired) electrons. The number of carbonyl (C=O) groups is 1. The summed E-state index contributed by atoms with van der Waals surface area (Å²) < 4.78 is 0. The van der Waals surface area contributed by atoms with Gasteiger partial charge in [-0.05, 0) is 54.3 Å². The van der Waals surface area contributed by atoms with E-state index in [4.69, 9.17) is 0 Å². The van der Waals surface area contributed by atoms with Crippen LogP contribution in [0.5, 0.6) is 0 Å². The minimum atomic E-state index is -0.0811. The van der Waals surface area contributed by atoms with Crippen molar-refractivity contribution in [3.63, 3.8) is 0 Å². The van der Waals surface area contributed by atoms with Crippen LogP contribution in [0.3, 0.4) is 0 Å². The largest absolute Gasteiger partial charge is 0.330 e. The third-order valence-corrected chi connectivity index (χ3v) is 4.61. The first-order valence-corrected chi connectivity index (χ1v) is 8.20. The van der Waals surface area contributed by atoms with E-state index in [0.29, 0.717) is 0 Å². The third kappa shape index (κ3) is 3.08. The highest BCUT2D eigenvalue weighted by Gasteiger charge is 2.30. The van der Waals surface area contributed by atoms with Crippen LogP contribution in [0, 0.1) is 0 Å². The normalized spacial score (nSPS) is 19.5. The van der Waals surface area contributed by atoms with E-state index in [1.165, 1.54) is 5.56 Å². The number of urea groups is 1. The molecule has 2 atom stereocenters. The highest BCUT2D eigenvalue weighted by molar-refractivity contribution is 7.07. The number of rotatable bonds is 3. The standard InChI is InChI=1S/C16H19N3OS/c1-12(14-5-2-3-8-17-14)18-16(20)19-9-4-6-15(19)13-7-10-21-11-13/h2-3,5,7-8,10-12,15H,4,6,9H2,1H3,(H,18,20)/t12-,15+/m1/s1. The van der Waals surface area contributed by atoms with Gasteiger partial charge in [0.25, 0.3) is 0 Å². The quantitative estimate of drug-likeness (QED) is 0.938. The van der Waals surface area contributed by atoms with Gasteiger partial charge in [-0.15, -0.1) is 0 Å². The van der Waals surface area contributed by atoms with Crippen LogP contribution < -0.4 is 5.32 Å². The summed E-state index contributed by atoms with van der Waals surface area (Å²) in [5, 5.41) is 7.26. The molecule has 5 heteroatoms. The Morgan fingerprint density at radius 1 is 1.48 bits per heavy atom. The molecule has 2 aromatic rings. The number of nitrogens with one attached hydrogen (secondary N) is 1. The molecule has 0 aromatic carbocycles. The van der Waals surface area contributed by atoms with Crippen molar-refractivity contribution in [2.45, 2.75) is 31.8 Å². The Bertz CT molecular complexity index is 585. The van der Waals surface area contributed by atoms with Crippen LogP contribution in [0.25, 0.3) is 0 Å². The number of thiophene rings is 1. The van der Waals surface area contributed by atoms with Crippen LogP contribution in [0.4, 0.5) is 4.79 Å². The van der Waals surface area contributed by atoms with Gasteiger partial charge >= 0.3 is 6.03 Å². The number of hydrogen-bond acceptors (Lipinski definition) is 3. The number of pyridine rings is 1. The van der Waals surface area contributed by atoms with E-state index in [2.05, 4.69) is 27.1 Å². The van der Waals surface area contributed by atoms with Gasteiger partial charge in [0.1, 0.15) is 0 Å². The Morgan fingerprint density at radius 3 is 3.10 bits per heavy atom. The summed E-state index contributed by atoms with van der Waals surface area (Å²) in [6, 6.07) is 8.01.